The van der Waals surface area contributed by atoms with Gasteiger partial charge in [0.2, 0.25) is 0 Å². The molecule has 7 rings (SSSR count). The number of nitrogens with one attached hydrogen (secondary N) is 3. The second-order valence-corrected chi connectivity index (χ2v) is 10.2. The molecule has 5 heterocycles. The summed E-state index contributed by atoms with van der Waals surface area (Å²) in [6, 6.07) is 21.6. The highest BCUT2D eigenvalue weighted by molar-refractivity contribution is 7.13. The number of H-pyrrole nitrogens is 2. The van der Waals surface area contributed by atoms with Crippen molar-refractivity contribution in [2.24, 2.45) is 0 Å². The van der Waals surface area contributed by atoms with Crippen molar-refractivity contribution in [3.63, 3.8) is 0 Å². The number of rotatable bonds is 7. The number of aromatic amines is 2. The first-order chi connectivity index (χ1) is 19.2. The van der Waals surface area contributed by atoms with Crippen LogP contribution in [0.2, 0.25) is 0 Å². The van der Waals surface area contributed by atoms with E-state index in [9.17, 15) is 0 Å². The minimum absolute atomic E-state index is 0.371. The molecular weight excluding hydrogens is 509 g/mol. The Morgan fingerprint density at radius 2 is 1.77 bits per heavy atom. The van der Waals surface area contributed by atoms with E-state index in [0.29, 0.717) is 40.1 Å². The van der Waals surface area contributed by atoms with Crippen LogP contribution in [0.5, 0.6) is 0 Å². The molecule has 0 atom stereocenters. The van der Waals surface area contributed by atoms with E-state index in [4.69, 9.17) is 4.98 Å². The van der Waals surface area contributed by atoms with Crippen molar-refractivity contribution in [2.75, 3.05) is 0 Å². The van der Waals surface area contributed by atoms with Crippen LogP contribution in [0.15, 0.2) is 90.7 Å². The fourth-order valence-electron chi connectivity index (χ4n) is 4.79. The molecule has 7 nitrogen and oxygen atoms in total. The van der Waals surface area contributed by atoms with Crippen molar-refractivity contribution < 1.29 is 4.39 Å². The maximum absolute atomic E-state index is 16.1. The molecule has 0 spiro atoms. The molecule has 0 unspecified atom stereocenters. The van der Waals surface area contributed by atoms with Gasteiger partial charge in [0.05, 0.1) is 21.3 Å². The normalized spacial score (nSPS) is 11.5. The molecule has 0 saturated heterocycles. The van der Waals surface area contributed by atoms with E-state index in [1.165, 1.54) is 5.56 Å². The topological polar surface area (TPSA) is 95.2 Å². The third kappa shape index (κ3) is 4.37. The minimum atomic E-state index is -0.371. The molecule has 190 valence electrons. The van der Waals surface area contributed by atoms with Crippen molar-refractivity contribution in [3.8, 4) is 33.2 Å². The number of benzene rings is 2. The summed E-state index contributed by atoms with van der Waals surface area (Å²) in [7, 11) is 0. The lowest BCUT2D eigenvalue weighted by Crippen LogP contribution is -2.12. The monoisotopic (exact) mass is 531 g/mol. The number of hydrogen-bond donors (Lipinski definition) is 3. The van der Waals surface area contributed by atoms with Gasteiger partial charge in [-0.15, -0.1) is 11.3 Å². The van der Waals surface area contributed by atoms with Gasteiger partial charge >= 0.3 is 0 Å². The molecule has 3 N–H and O–H groups in total. The van der Waals surface area contributed by atoms with Crippen molar-refractivity contribution in [1.82, 2.24) is 35.5 Å². The lowest BCUT2D eigenvalue weighted by atomic mass is 10.0. The highest BCUT2D eigenvalue weighted by Crippen LogP contribution is 2.35. The Morgan fingerprint density at radius 3 is 2.64 bits per heavy atom. The van der Waals surface area contributed by atoms with Gasteiger partial charge in [-0.25, -0.2) is 9.37 Å². The maximum atomic E-state index is 16.1. The fourth-order valence-corrected chi connectivity index (χ4v) is 5.51. The number of aromatic nitrogens is 6. The summed E-state index contributed by atoms with van der Waals surface area (Å²) in [6.45, 7) is 1.36. The molecule has 2 aromatic carbocycles. The second kappa shape index (κ2) is 9.86. The van der Waals surface area contributed by atoms with Crippen LogP contribution in [0, 0.1) is 5.82 Å². The van der Waals surface area contributed by atoms with Crippen molar-refractivity contribution in [1.29, 1.82) is 0 Å². The molecule has 0 aliphatic carbocycles. The summed E-state index contributed by atoms with van der Waals surface area (Å²) in [5, 5.41) is 13.2. The zero-order valence-electron chi connectivity index (χ0n) is 20.6. The largest absolute Gasteiger partial charge is 0.336 e. The first-order valence-electron chi connectivity index (χ1n) is 12.5. The number of nitrogens with zero attached hydrogens (tertiary/aromatic N) is 4. The van der Waals surface area contributed by atoms with Crippen molar-refractivity contribution >= 4 is 33.3 Å². The van der Waals surface area contributed by atoms with E-state index in [0.717, 1.165) is 33.7 Å². The molecule has 9 heteroatoms. The molecule has 5 aromatic heterocycles. The van der Waals surface area contributed by atoms with Gasteiger partial charge in [-0.05, 0) is 46.8 Å². The van der Waals surface area contributed by atoms with Crippen LogP contribution < -0.4 is 5.32 Å². The van der Waals surface area contributed by atoms with Gasteiger partial charge in [0.1, 0.15) is 22.7 Å². The lowest BCUT2D eigenvalue weighted by molar-refractivity contribution is 0.643. The smallest absolute Gasteiger partial charge is 0.159 e. The highest BCUT2D eigenvalue weighted by Gasteiger charge is 2.21. The Hall–Kier alpha value is -4.73. The predicted molar refractivity (Wildman–Crippen MR) is 152 cm³/mol. The van der Waals surface area contributed by atoms with Gasteiger partial charge in [-0.3, -0.25) is 15.1 Å². The summed E-state index contributed by atoms with van der Waals surface area (Å²) in [6.07, 6.45) is 5.23. The Labute approximate surface area is 226 Å². The molecule has 39 heavy (non-hydrogen) atoms. The number of fused-ring (bicyclic) bond motifs is 2. The van der Waals surface area contributed by atoms with Crippen LogP contribution in [0.1, 0.15) is 11.1 Å². The zero-order valence-corrected chi connectivity index (χ0v) is 21.5. The Kier molecular flexibility index (Phi) is 5.92. The fraction of sp³-hybridized carbons (Fsp3) is 0.0667. The van der Waals surface area contributed by atoms with Gasteiger partial charge in [-0.1, -0.05) is 36.4 Å². The second-order valence-electron chi connectivity index (χ2n) is 9.21. The van der Waals surface area contributed by atoms with Crippen LogP contribution in [-0.2, 0) is 13.1 Å². The molecule has 0 aliphatic heterocycles. The number of hydrogen-bond acceptors (Lipinski definition) is 6. The summed E-state index contributed by atoms with van der Waals surface area (Å²) >= 11 is 1.60. The van der Waals surface area contributed by atoms with E-state index >= 15 is 4.39 Å². The molecular formula is C30H22FN7S. The Balaban J connectivity index is 1.23. The number of thiophene rings is 1. The van der Waals surface area contributed by atoms with Crippen LogP contribution in [0.25, 0.3) is 55.2 Å². The van der Waals surface area contributed by atoms with Crippen molar-refractivity contribution in [2.45, 2.75) is 13.1 Å². The number of halogens is 1. The summed E-state index contributed by atoms with van der Waals surface area (Å²) < 4.78 is 16.1. The molecule has 0 aliphatic rings. The lowest BCUT2D eigenvalue weighted by Gasteiger charge is -2.09. The van der Waals surface area contributed by atoms with Crippen LogP contribution in [0.3, 0.4) is 0 Å². The van der Waals surface area contributed by atoms with E-state index < -0.39 is 0 Å². The Bertz CT molecular complexity index is 1910. The van der Waals surface area contributed by atoms with Gasteiger partial charge in [0, 0.05) is 42.8 Å². The molecule has 0 radical (unpaired) electrons. The molecule has 0 fully saturated rings. The van der Waals surface area contributed by atoms with Crippen molar-refractivity contribution in [3.05, 3.63) is 108 Å². The van der Waals surface area contributed by atoms with E-state index in [1.807, 2.05) is 53.9 Å². The Morgan fingerprint density at radius 1 is 0.872 bits per heavy atom. The van der Waals surface area contributed by atoms with Gasteiger partial charge in [0.15, 0.2) is 5.82 Å². The molecule has 0 bridgehead atoms. The van der Waals surface area contributed by atoms with Gasteiger partial charge in [0.25, 0.3) is 0 Å². The van der Waals surface area contributed by atoms with Gasteiger partial charge < -0.3 is 10.3 Å². The first-order valence-corrected chi connectivity index (χ1v) is 13.4. The van der Waals surface area contributed by atoms with Gasteiger partial charge in [-0.2, -0.15) is 5.10 Å². The predicted octanol–water partition coefficient (Wildman–Crippen LogP) is 6.72. The summed E-state index contributed by atoms with van der Waals surface area (Å²) in [5.74, 6) is 0.111. The highest BCUT2D eigenvalue weighted by atomic mass is 32.1. The van der Waals surface area contributed by atoms with E-state index in [2.05, 4.69) is 42.6 Å². The van der Waals surface area contributed by atoms with E-state index in [-0.39, 0.29) is 5.82 Å². The quantitative estimate of drug-likeness (QED) is 0.212. The van der Waals surface area contributed by atoms with Crippen LogP contribution in [0.4, 0.5) is 4.39 Å². The average molecular weight is 532 g/mol. The molecule has 0 saturated carbocycles. The summed E-state index contributed by atoms with van der Waals surface area (Å²) in [5.41, 5.74) is 6.68. The number of pyridine rings is 2. The third-order valence-electron chi connectivity index (χ3n) is 6.65. The standard InChI is InChI=1S/C30H22FN7S/c31-26-21(20-13-19(16-33-17-20)15-32-14-18-5-2-1-3-6-18)8-9-22-25(26)29(38-37-22)30-35-23-10-11-34-28(27(23)36-30)24-7-4-12-39-24/h1-13,16-17,32H,14-15H2,(H,35,36)(H,37,38). The zero-order chi connectivity index (χ0) is 26.2. The third-order valence-corrected chi connectivity index (χ3v) is 7.53. The maximum Gasteiger partial charge on any atom is 0.159 e. The minimum Gasteiger partial charge on any atom is -0.336 e. The first kappa shape index (κ1) is 23.4. The number of imidazole rings is 1. The van der Waals surface area contributed by atoms with Crippen LogP contribution in [-0.4, -0.2) is 30.1 Å². The molecule has 0 amide bonds. The molecule has 7 aromatic rings. The van der Waals surface area contributed by atoms with E-state index in [1.54, 1.807) is 36.0 Å². The van der Waals surface area contributed by atoms with Crippen LogP contribution >= 0.6 is 11.3 Å². The average Bonchev–Trinajstić information content (AvgIpc) is 3.74. The SMILES string of the molecule is Fc1c(-c2cncc(CNCc3ccccc3)c2)ccc2[nH]nc(-c3nc4c(-c5cccs5)nccc4[nH]3)c12. The summed E-state index contributed by atoms with van der Waals surface area (Å²) in [4.78, 5) is 18.0.